The Morgan fingerprint density at radius 2 is 1.90 bits per heavy atom. The van der Waals surface area contributed by atoms with E-state index >= 15 is 0 Å². The fourth-order valence-corrected chi connectivity index (χ4v) is 3.33. The Kier molecular flexibility index (Phi) is 5.30. The number of nitrogens with one attached hydrogen (secondary N) is 1. The first kappa shape index (κ1) is 18.8. The summed E-state index contributed by atoms with van der Waals surface area (Å²) in [7, 11) is 0. The van der Waals surface area contributed by atoms with Crippen LogP contribution in [-0.2, 0) is 0 Å². The molecule has 1 amide bonds. The van der Waals surface area contributed by atoms with Crippen molar-refractivity contribution in [1.82, 2.24) is 24.4 Å². The summed E-state index contributed by atoms with van der Waals surface area (Å²) in [5.41, 5.74) is 2.78. The van der Waals surface area contributed by atoms with Crippen LogP contribution in [0, 0.1) is 6.92 Å². The average molecular weight is 406 g/mol. The Hall–Kier alpha value is -3.59. The van der Waals surface area contributed by atoms with Crippen LogP contribution in [0.25, 0.3) is 17.2 Å². The summed E-state index contributed by atoms with van der Waals surface area (Å²) < 4.78 is 11.5. The Balaban J connectivity index is 1.53. The fourth-order valence-electron chi connectivity index (χ4n) is 2.76. The predicted molar refractivity (Wildman–Crippen MR) is 111 cm³/mol. The van der Waals surface area contributed by atoms with E-state index in [9.17, 15) is 4.79 Å². The van der Waals surface area contributed by atoms with E-state index in [-0.39, 0.29) is 5.91 Å². The molecule has 0 radical (unpaired) electrons. The molecular formula is C20H18N6O2S. The van der Waals surface area contributed by atoms with Gasteiger partial charge >= 0.3 is 0 Å². The molecule has 0 saturated carbocycles. The van der Waals surface area contributed by atoms with Gasteiger partial charge in [0.05, 0.1) is 18.0 Å². The maximum absolute atomic E-state index is 12.3. The Morgan fingerprint density at radius 3 is 2.62 bits per heavy atom. The third kappa shape index (κ3) is 3.99. The molecule has 4 aromatic rings. The largest absolute Gasteiger partial charge is 0.494 e. The standard InChI is InChI=1S/C20H18N6O2S/c1-3-28-16-11-9-15(10-12-16)26-13(2)17(23-25-26)18-21-20(29-24-18)22-19(27)14-7-5-4-6-8-14/h4-12H,3H2,1-2H3,(H,21,22,24,27). The summed E-state index contributed by atoms with van der Waals surface area (Å²) in [6.45, 7) is 4.46. The maximum Gasteiger partial charge on any atom is 0.257 e. The van der Waals surface area contributed by atoms with Crippen LogP contribution in [0.1, 0.15) is 23.0 Å². The van der Waals surface area contributed by atoms with E-state index in [1.807, 2.05) is 56.3 Å². The zero-order valence-corrected chi connectivity index (χ0v) is 16.7. The third-order valence-electron chi connectivity index (χ3n) is 4.18. The zero-order valence-electron chi connectivity index (χ0n) is 15.9. The van der Waals surface area contributed by atoms with Crippen LogP contribution >= 0.6 is 11.5 Å². The lowest BCUT2D eigenvalue weighted by molar-refractivity contribution is 0.102. The maximum atomic E-state index is 12.3. The average Bonchev–Trinajstić information content (AvgIpc) is 3.36. The number of benzene rings is 2. The first-order valence-electron chi connectivity index (χ1n) is 9.01. The molecule has 0 saturated heterocycles. The van der Waals surface area contributed by atoms with Crippen LogP contribution in [0.5, 0.6) is 5.75 Å². The number of ether oxygens (including phenoxy) is 1. The highest BCUT2D eigenvalue weighted by molar-refractivity contribution is 7.10. The van der Waals surface area contributed by atoms with Gasteiger partial charge in [-0.05, 0) is 50.2 Å². The molecule has 0 spiro atoms. The second kappa shape index (κ2) is 8.19. The molecule has 146 valence electrons. The quantitative estimate of drug-likeness (QED) is 0.524. The van der Waals surface area contributed by atoms with Crippen LogP contribution in [-0.4, -0.2) is 36.9 Å². The number of hydrogen-bond donors (Lipinski definition) is 1. The molecule has 2 heterocycles. The molecule has 29 heavy (non-hydrogen) atoms. The van der Waals surface area contributed by atoms with Gasteiger partial charge < -0.3 is 4.74 Å². The number of aromatic nitrogens is 5. The molecule has 4 rings (SSSR count). The minimum atomic E-state index is -0.233. The number of carbonyl (C=O) groups excluding carboxylic acids is 1. The molecule has 2 aromatic carbocycles. The van der Waals surface area contributed by atoms with Crippen molar-refractivity contribution in [2.75, 3.05) is 11.9 Å². The molecule has 9 heteroatoms. The summed E-state index contributed by atoms with van der Waals surface area (Å²) in [5.74, 6) is 0.991. The second-order valence-electron chi connectivity index (χ2n) is 6.11. The minimum Gasteiger partial charge on any atom is -0.494 e. The van der Waals surface area contributed by atoms with Gasteiger partial charge in [0, 0.05) is 17.1 Å². The molecule has 0 aliphatic carbocycles. The SMILES string of the molecule is CCOc1ccc(-n2nnc(-c3nsc(NC(=O)c4ccccc4)n3)c2C)cc1. The van der Waals surface area contributed by atoms with E-state index in [2.05, 4.69) is 25.0 Å². The number of amides is 1. The van der Waals surface area contributed by atoms with Gasteiger partial charge in [-0.2, -0.15) is 9.36 Å². The predicted octanol–water partition coefficient (Wildman–Crippen LogP) is 3.75. The van der Waals surface area contributed by atoms with E-state index in [0.29, 0.717) is 28.8 Å². The lowest BCUT2D eigenvalue weighted by Gasteiger charge is -2.06. The van der Waals surface area contributed by atoms with E-state index in [1.165, 1.54) is 0 Å². The summed E-state index contributed by atoms with van der Waals surface area (Å²) in [5, 5.41) is 11.6. The Morgan fingerprint density at radius 1 is 1.14 bits per heavy atom. The van der Waals surface area contributed by atoms with Crippen LogP contribution < -0.4 is 10.1 Å². The second-order valence-corrected chi connectivity index (χ2v) is 6.86. The Bertz CT molecular complexity index is 1120. The van der Waals surface area contributed by atoms with Crippen LogP contribution in [0.2, 0.25) is 0 Å². The van der Waals surface area contributed by atoms with Gasteiger partial charge in [0.15, 0.2) is 11.5 Å². The van der Waals surface area contributed by atoms with Gasteiger partial charge in [-0.1, -0.05) is 23.4 Å². The number of carbonyl (C=O) groups is 1. The van der Waals surface area contributed by atoms with Crippen LogP contribution in [0.4, 0.5) is 5.13 Å². The number of hydrogen-bond acceptors (Lipinski definition) is 7. The molecule has 8 nitrogen and oxygen atoms in total. The Labute approximate surface area is 171 Å². The topological polar surface area (TPSA) is 94.8 Å². The summed E-state index contributed by atoms with van der Waals surface area (Å²) in [4.78, 5) is 16.7. The molecule has 0 unspecified atom stereocenters. The lowest BCUT2D eigenvalue weighted by Crippen LogP contribution is -2.11. The van der Waals surface area contributed by atoms with E-state index < -0.39 is 0 Å². The lowest BCUT2D eigenvalue weighted by atomic mass is 10.2. The van der Waals surface area contributed by atoms with Crippen molar-refractivity contribution >= 4 is 22.6 Å². The first-order valence-corrected chi connectivity index (χ1v) is 9.79. The molecule has 0 bridgehead atoms. The first-order chi connectivity index (χ1) is 14.2. The monoisotopic (exact) mass is 406 g/mol. The molecule has 0 aliphatic heterocycles. The van der Waals surface area contributed by atoms with Crippen molar-refractivity contribution in [2.45, 2.75) is 13.8 Å². The number of anilines is 1. The van der Waals surface area contributed by atoms with Crippen LogP contribution in [0.3, 0.4) is 0 Å². The highest BCUT2D eigenvalue weighted by Gasteiger charge is 2.18. The number of nitrogens with zero attached hydrogens (tertiary/aromatic N) is 5. The summed E-state index contributed by atoms with van der Waals surface area (Å²) in [6.07, 6.45) is 0. The van der Waals surface area contributed by atoms with Gasteiger partial charge in [-0.25, -0.2) is 4.68 Å². The molecule has 2 aromatic heterocycles. The molecule has 0 atom stereocenters. The van der Waals surface area contributed by atoms with Gasteiger partial charge in [0.1, 0.15) is 5.75 Å². The fraction of sp³-hybridized carbons (Fsp3) is 0.150. The molecule has 0 fully saturated rings. The van der Waals surface area contributed by atoms with E-state index in [1.54, 1.807) is 16.8 Å². The van der Waals surface area contributed by atoms with Crippen LogP contribution in [0.15, 0.2) is 54.6 Å². The van der Waals surface area contributed by atoms with Gasteiger partial charge in [0.2, 0.25) is 5.13 Å². The minimum absolute atomic E-state index is 0.233. The van der Waals surface area contributed by atoms with Gasteiger partial charge in [-0.15, -0.1) is 5.10 Å². The number of rotatable bonds is 6. The van der Waals surface area contributed by atoms with E-state index in [0.717, 1.165) is 28.7 Å². The van der Waals surface area contributed by atoms with Gasteiger partial charge in [-0.3, -0.25) is 10.1 Å². The van der Waals surface area contributed by atoms with Crippen molar-refractivity contribution in [3.05, 3.63) is 65.9 Å². The summed E-state index contributed by atoms with van der Waals surface area (Å²) in [6, 6.07) is 16.6. The smallest absolute Gasteiger partial charge is 0.257 e. The summed E-state index contributed by atoms with van der Waals surface area (Å²) >= 11 is 1.10. The van der Waals surface area contributed by atoms with Crippen molar-refractivity contribution in [1.29, 1.82) is 0 Å². The molecular weight excluding hydrogens is 388 g/mol. The van der Waals surface area contributed by atoms with Crippen molar-refractivity contribution in [3.63, 3.8) is 0 Å². The molecule has 1 N–H and O–H groups in total. The zero-order chi connectivity index (χ0) is 20.2. The highest BCUT2D eigenvalue weighted by atomic mass is 32.1. The highest BCUT2D eigenvalue weighted by Crippen LogP contribution is 2.24. The van der Waals surface area contributed by atoms with Gasteiger partial charge in [0.25, 0.3) is 5.91 Å². The normalized spacial score (nSPS) is 10.7. The molecule has 0 aliphatic rings. The third-order valence-corrected chi connectivity index (χ3v) is 4.81. The van der Waals surface area contributed by atoms with Crippen molar-refractivity contribution in [2.24, 2.45) is 0 Å². The van der Waals surface area contributed by atoms with E-state index in [4.69, 9.17) is 4.74 Å². The van der Waals surface area contributed by atoms with Crippen molar-refractivity contribution in [3.8, 4) is 23.0 Å². The van der Waals surface area contributed by atoms with Crippen molar-refractivity contribution < 1.29 is 9.53 Å².